The summed E-state index contributed by atoms with van der Waals surface area (Å²) in [6, 6.07) is 0.978. The van der Waals surface area contributed by atoms with Gasteiger partial charge in [0.05, 0.1) is 0 Å². The molecule has 0 amide bonds. The third kappa shape index (κ3) is 8.54. The first-order chi connectivity index (χ1) is 7.85. The van der Waals surface area contributed by atoms with E-state index in [0.717, 1.165) is 5.96 Å². The van der Waals surface area contributed by atoms with Crippen molar-refractivity contribution in [3.63, 3.8) is 0 Å². The fourth-order valence-corrected chi connectivity index (χ4v) is 1.16. The molecule has 0 spiro atoms. The molecule has 0 aliphatic carbocycles. The number of hydrogen-bond acceptors (Lipinski definition) is 1. The molecule has 0 aliphatic heterocycles. The molecule has 17 heavy (non-hydrogen) atoms. The molecule has 3 N–H and O–H groups in total. The van der Waals surface area contributed by atoms with E-state index >= 15 is 0 Å². The number of nitrogens with zero attached hydrogens (tertiary/aromatic N) is 2. The Hall–Kier alpha value is -1.26. The lowest BCUT2D eigenvalue weighted by Gasteiger charge is -2.18. The first-order valence-electron chi connectivity index (χ1n) is 6.20. The molecule has 0 bridgehead atoms. The van der Waals surface area contributed by atoms with Crippen LogP contribution in [0.3, 0.4) is 0 Å². The highest BCUT2D eigenvalue weighted by atomic mass is 15.2. The summed E-state index contributed by atoms with van der Waals surface area (Å²) < 4.78 is 0. The van der Waals surface area contributed by atoms with E-state index in [1.165, 1.54) is 0 Å². The summed E-state index contributed by atoms with van der Waals surface area (Å²) in [5.74, 6) is 1.39. The lowest BCUT2D eigenvalue weighted by molar-refractivity contribution is 0.659. The van der Waals surface area contributed by atoms with Crippen molar-refractivity contribution >= 4 is 11.9 Å². The molecule has 0 aromatic carbocycles. The van der Waals surface area contributed by atoms with E-state index < -0.39 is 0 Å². The van der Waals surface area contributed by atoms with Crippen molar-refractivity contribution in [1.29, 1.82) is 0 Å². The molecule has 100 valence electrons. The lowest BCUT2D eigenvalue weighted by atomic mass is 10.4. The van der Waals surface area contributed by atoms with E-state index in [1.54, 1.807) is 7.05 Å². The van der Waals surface area contributed by atoms with Crippen molar-refractivity contribution < 1.29 is 0 Å². The molecule has 0 saturated carbocycles. The van der Waals surface area contributed by atoms with Gasteiger partial charge in [-0.3, -0.25) is 4.99 Å². The second kappa shape index (κ2) is 7.92. The van der Waals surface area contributed by atoms with E-state index in [-0.39, 0.29) is 0 Å². The van der Waals surface area contributed by atoms with E-state index in [9.17, 15) is 0 Å². The first-order valence-corrected chi connectivity index (χ1v) is 6.20. The first kappa shape index (κ1) is 15.7. The molecule has 0 aromatic heterocycles. The topological polar surface area (TPSA) is 60.8 Å². The van der Waals surface area contributed by atoms with Crippen LogP contribution in [0.4, 0.5) is 0 Å². The SMILES string of the molecule is C/N=C(\N=C(NC(C)C)NC(C)C)NC(C)C. The summed E-state index contributed by atoms with van der Waals surface area (Å²) in [6.07, 6.45) is 0. The third-order valence-corrected chi connectivity index (χ3v) is 1.70. The minimum absolute atomic E-state index is 0.316. The summed E-state index contributed by atoms with van der Waals surface area (Å²) in [5.41, 5.74) is 0. The maximum absolute atomic E-state index is 4.45. The van der Waals surface area contributed by atoms with Crippen LogP contribution in [0, 0.1) is 0 Å². The Morgan fingerprint density at radius 3 is 1.47 bits per heavy atom. The fraction of sp³-hybridized carbons (Fsp3) is 0.833. The summed E-state index contributed by atoms with van der Waals surface area (Å²) >= 11 is 0. The van der Waals surface area contributed by atoms with Crippen molar-refractivity contribution in [3.8, 4) is 0 Å². The molecule has 0 radical (unpaired) electrons. The van der Waals surface area contributed by atoms with Crippen LogP contribution in [0.25, 0.3) is 0 Å². The summed E-state index contributed by atoms with van der Waals surface area (Å²) in [7, 11) is 1.73. The van der Waals surface area contributed by atoms with Gasteiger partial charge in [0.15, 0.2) is 5.96 Å². The van der Waals surface area contributed by atoms with Crippen molar-refractivity contribution in [2.75, 3.05) is 7.05 Å². The van der Waals surface area contributed by atoms with Gasteiger partial charge < -0.3 is 16.0 Å². The molecule has 5 heteroatoms. The van der Waals surface area contributed by atoms with Gasteiger partial charge in [-0.15, -0.1) is 0 Å². The normalized spacial score (nSPS) is 12.0. The van der Waals surface area contributed by atoms with Crippen LogP contribution in [-0.4, -0.2) is 37.1 Å². The molecule has 0 fully saturated rings. The van der Waals surface area contributed by atoms with Gasteiger partial charge in [0, 0.05) is 25.2 Å². The number of hydrogen-bond donors (Lipinski definition) is 3. The van der Waals surface area contributed by atoms with E-state index in [0.29, 0.717) is 24.1 Å². The molecule has 0 rings (SSSR count). The molecular weight excluding hydrogens is 214 g/mol. The Morgan fingerprint density at radius 2 is 1.18 bits per heavy atom. The maximum atomic E-state index is 4.45. The second-order valence-electron chi connectivity index (χ2n) is 4.90. The standard InChI is InChI=1S/C12H27N5/c1-8(2)14-11(13-7)17-12(15-9(3)4)16-10(5)6/h8-10H,1-7H3,(H3,13,14,15,16,17). The number of rotatable bonds is 3. The summed E-state index contributed by atoms with van der Waals surface area (Å²) in [6.45, 7) is 12.4. The Labute approximate surface area is 105 Å². The van der Waals surface area contributed by atoms with Crippen LogP contribution in [-0.2, 0) is 0 Å². The molecule has 0 atom stereocenters. The Balaban J connectivity index is 4.73. The molecule has 0 aliphatic rings. The zero-order chi connectivity index (χ0) is 13.4. The van der Waals surface area contributed by atoms with Crippen LogP contribution in [0.2, 0.25) is 0 Å². The van der Waals surface area contributed by atoms with Crippen molar-refractivity contribution in [2.45, 2.75) is 59.7 Å². The van der Waals surface area contributed by atoms with Crippen molar-refractivity contribution in [1.82, 2.24) is 16.0 Å². The summed E-state index contributed by atoms with van der Waals surface area (Å²) in [4.78, 5) is 8.57. The zero-order valence-corrected chi connectivity index (χ0v) is 12.1. The molecule has 0 heterocycles. The van der Waals surface area contributed by atoms with Crippen LogP contribution >= 0.6 is 0 Å². The highest BCUT2D eigenvalue weighted by molar-refractivity contribution is 5.95. The predicted octanol–water partition coefficient (Wildman–Crippen LogP) is 1.32. The quantitative estimate of drug-likeness (QED) is 0.516. The van der Waals surface area contributed by atoms with Gasteiger partial charge in [-0.05, 0) is 41.5 Å². The molecule has 0 unspecified atom stereocenters. The van der Waals surface area contributed by atoms with Gasteiger partial charge >= 0.3 is 0 Å². The van der Waals surface area contributed by atoms with Gasteiger partial charge in [0.25, 0.3) is 0 Å². The molecule has 0 saturated heterocycles. The third-order valence-electron chi connectivity index (χ3n) is 1.70. The predicted molar refractivity (Wildman–Crippen MR) is 75.6 cm³/mol. The van der Waals surface area contributed by atoms with Crippen LogP contribution in [0.15, 0.2) is 9.98 Å². The van der Waals surface area contributed by atoms with Crippen molar-refractivity contribution in [3.05, 3.63) is 0 Å². The maximum Gasteiger partial charge on any atom is 0.221 e. The minimum atomic E-state index is 0.316. The van der Waals surface area contributed by atoms with Crippen molar-refractivity contribution in [2.24, 2.45) is 9.98 Å². The molecular formula is C12H27N5. The summed E-state index contributed by atoms with van der Waals surface area (Å²) in [5, 5.41) is 9.72. The number of aliphatic imine (C=N–C) groups is 2. The number of guanidine groups is 2. The van der Waals surface area contributed by atoms with Gasteiger partial charge in [-0.1, -0.05) is 0 Å². The van der Waals surface area contributed by atoms with Gasteiger partial charge in [-0.2, -0.15) is 4.99 Å². The van der Waals surface area contributed by atoms with E-state index in [1.807, 2.05) is 0 Å². The molecule has 5 nitrogen and oxygen atoms in total. The smallest absolute Gasteiger partial charge is 0.221 e. The van der Waals surface area contributed by atoms with E-state index in [4.69, 9.17) is 0 Å². The fourth-order valence-electron chi connectivity index (χ4n) is 1.16. The largest absolute Gasteiger partial charge is 0.354 e. The monoisotopic (exact) mass is 241 g/mol. The minimum Gasteiger partial charge on any atom is -0.354 e. The average Bonchev–Trinajstić information content (AvgIpc) is 2.13. The second-order valence-corrected chi connectivity index (χ2v) is 4.90. The van der Waals surface area contributed by atoms with Crippen LogP contribution < -0.4 is 16.0 Å². The molecule has 0 aromatic rings. The van der Waals surface area contributed by atoms with Crippen LogP contribution in [0.5, 0.6) is 0 Å². The Kier molecular flexibility index (Phi) is 7.34. The van der Waals surface area contributed by atoms with E-state index in [2.05, 4.69) is 67.5 Å². The average molecular weight is 241 g/mol. The van der Waals surface area contributed by atoms with Gasteiger partial charge in [0.2, 0.25) is 5.96 Å². The number of nitrogens with one attached hydrogen (secondary N) is 3. The Morgan fingerprint density at radius 1 is 0.765 bits per heavy atom. The van der Waals surface area contributed by atoms with Crippen LogP contribution in [0.1, 0.15) is 41.5 Å². The zero-order valence-electron chi connectivity index (χ0n) is 12.1. The highest BCUT2D eigenvalue weighted by Gasteiger charge is 2.05. The van der Waals surface area contributed by atoms with Gasteiger partial charge in [0.1, 0.15) is 0 Å². The van der Waals surface area contributed by atoms with Gasteiger partial charge in [-0.25, -0.2) is 0 Å². The highest BCUT2D eigenvalue weighted by Crippen LogP contribution is 1.86. The Bertz CT molecular complexity index is 254. The lowest BCUT2D eigenvalue weighted by Crippen LogP contribution is -2.45.